The lowest BCUT2D eigenvalue weighted by molar-refractivity contribution is -0.0704. The van der Waals surface area contributed by atoms with E-state index in [1.807, 2.05) is 6.92 Å². The van der Waals surface area contributed by atoms with Gasteiger partial charge in [0.15, 0.2) is 11.6 Å². The lowest BCUT2D eigenvalue weighted by Crippen LogP contribution is -2.56. The Morgan fingerprint density at radius 2 is 1.64 bits per heavy atom. The van der Waals surface area contributed by atoms with Gasteiger partial charge in [-0.1, -0.05) is 6.92 Å². The summed E-state index contributed by atoms with van der Waals surface area (Å²) in [6.07, 6.45) is 7.89. The van der Waals surface area contributed by atoms with Crippen LogP contribution in [0.1, 0.15) is 51.9 Å². The van der Waals surface area contributed by atoms with Crippen molar-refractivity contribution in [1.82, 2.24) is 4.72 Å². The normalized spacial score (nSPS) is 35.1. The van der Waals surface area contributed by atoms with Crippen LogP contribution in [0.4, 0.5) is 8.78 Å². The van der Waals surface area contributed by atoms with Gasteiger partial charge >= 0.3 is 0 Å². The van der Waals surface area contributed by atoms with Crippen LogP contribution in [0.15, 0.2) is 23.1 Å². The van der Waals surface area contributed by atoms with Gasteiger partial charge in [-0.25, -0.2) is 21.9 Å². The Labute approximate surface area is 148 Å². The summed E-state index contributed by atoms with van der Waals surface area (Å²) >= 11 is 0. The quantitative estimate of drug-likeness (QED) is 0.844. The average Bonchev–Trinajstić information content (AvgIpc) is 2.53. The van der Waals surface area contributed by atoms with E-state index >= 15 is 0 Å². The molecule has 0 heterocycles. The van der Waals surface area contributed by atoms with Crippen molar-refractivity contribution in [1.29, 1.82) is 0 Å². The second-order valence-electron chi connectivity index (χ2n) is 8.44. The summed E-state index contributed by atoms with van der Waals surface area (Å²) in [5.41, 5.74) is 0.0369. The molecule has 0 saturated heterocycles. The standard InChI is InChI=1S/C19H25F2NO2S/c1-2-18(19-9-12-5-13(10-19)7-14(6-12)11-19)22-25(23,24)15-3-4-16(20)17(21)8-15/h3-4,8,12-14,18,22H,2,5-7,9-11H2,1H3. The maximum Gasteiger partial charge on any atom is 0.240 e. The van der Waals surface area contributed by atoms with Gasteiger partial charge in [-0.15, -0.1) is 0 Å². The van der Waals surface area contributed by atoms with Crippen LogP contribution < -0.4 is 4.72 Å². The third kappa shape index (κ3) is 3.01. The minimum absolute atomic E-state index is 0.0369. The lowest BCUT2D eigenvalue weighted by atomic mass is 9.47. The van der Waals surface area contributed by atoms with E-state index in [0.717, 1.165) is 61.6 Å². The van der Waals surface area contributed by atoms with E-state index in [-0.39, 0.29) is 16.4 Å². The Bertz CT molecular complexity index is 742. The summed E-state index contributed by atoms with van der Waals surface area (Å²) in [5.74, 6) is 0.0204. The molecule has 4 fully saturated rings. The van der Waals surface area contributed by atoms with E-state index in [0.29, 0.717) is 0 Å². The highest BCUT2D eigenvalue weighted by Gasteiger charge is 2.54. The summed E-state index contributed by atoms with van der Waals surface area (Å²) in [5, 5.41) is 0. The highest BCUT2D eigenvalue weighted by molar-refractivity contribution is 7.89. The first-order valence-corrected chi connectivity index (χ1v) is 10.8. The Morgan fingerprint density at radius 3 is 2.12 bits per heavy atom. The molecule has 1 N–H and O–H groups in total. The molecule has 25 heavy (non-hydrogen) atoms. The predicted octanol–water partition coefficient (Wildman–Crippen LogP) is 4.24. The van der Waals surface area contributed by atoms with Crippen molar-refractivity contribution in [3.05, 3.63) is 29.8 Å². The van der Waals surface area contributed by atoms with Crippen molar-refractivity contribution in [3.8, 4) is 0 Å². The molecule has 0 spiro atoms. The first-order chi connectivity index (χ1) is 11.8. The predicted molar refractivity (Wildman–Crippen MR) is 91.4 cm³/mol. The number of rotatable bonds is 5. The van der Waals surface area contributed by atoms with Gasteiger partial charge in [0.05, 0.1) is 4.90 Å². The molecule has 138 valence electrons. The van der Waals surface area contributed by atoms with Crippen molar-refractivity contribution in [2.24, 2.45) is 23.2 Å². The largest absolute Gasteiger partial charge is 0.240 e. The first-order valence-electron chi connectivity index (χ1n) is 9.29. The fraction of sp³-hybridized carbons (Fsp3) is 0.684. The van der Waals surface area contributed by atoms with Crippen LogP contribution in [0.3, 0.4) is 0 Å². The van der Waals surface area contributed by atoms with Gasteiger partial charge in [0, 0.05) is 6.04 Å². The lowest BCUT2D eigenvalue weighted by Gasteiger charge is -2.59. The fourth-order valence-electron chi connectivity index (χ4n) is 6.15. The van der Waals surface area contributed by atoms with Crippen LogP contribution in [0.25, 0.3) is 0 Å². The molecule has 1 atom stereocenters. The van der Waals surface area contributed by atoms with Gasteiger partial charge in [0.25, 0.3) is 0 Å². The zero-order valence-corrected chi connectivity index (χ0v) is 15.3. The molecule has 1 aromatic carbocycles. The molecule has 3 nitrogen and oxygen atoms in total. The van der Waals surface area contributed by atoms with Gasteiger partial charge < -0.3 is 0 Å². The van der Waals surface area contributed by atoms with Gasteiger partial charge in [0.1, 0.15) is 0 Å². The van der Waals surface area contributed by atoms with Crippen molar-refractivity contribution in [2.45, 2.75) is 62.8 Å². The SMILES string of the molecule is CCC(NS(=O)(=O)c1ccc(F)c(F)c1)C12CC3CC(CC(C3)C1)C2. The minimum Gasteiger partial charge on any atom is -0.208 e. The van der Waals surface area contributed by atoms with Crippen molar-refractivity contribution >= 4 is 10.0 Å². The van der Waals surface area contributed by atoms with Gasteiger partial charge in [-0.05, 0) is 86.3 Å². The molecule has 1 unspecified atom stereocenters. The molecule has 0 amide bonds. The van der Waals surface area contributed by atoms with E-state index in [2.05, 4.69) is 4.72 Å². The molecule has 4 saturated carbocycles. The maximum absolute atomic E-state index is 13.5. The Kier molecular flexibility index (Phi) is 4.19. The van der Waals surface area contributed by atoms with Crippen LogP contribution in [-0.4, -0.2) is 14.5 Å². The molecule has 0 radical (unpaired) electrons. The number of halogens is 2. The van der Waals surface area contributed by atoms with E-state index in [1.165, 1.54) is 19.3 Å². The fourth-order valence-corrected chi connectivity index (χ4v) is 7.58. The minimum atomic E-state index is -3.86. The summed E-state index contributed by atoms with van der Waals surface area (Å²) in [6.45, 7) is 2.01. The number of hydrogen-bond donors (Lipinski definition) is 1. The molecule has 4 aliphatic rings. The average molecular weight is 369 g/mol. The molecule has 6 heteroatoms. The Balaban J connectivity index is 1.60. The Hall–Kier alpha value is -1.01. The molecular weight excluding hydrogens is 344 g/mol. The van der Waals surface area contributed by atoms with E-state index in [9.17, 15) is 17.2 Å². The summed E-state index contributed by atoms with van der Waals surface area (Å²) < 4.78 is 55.0. The van der Waals surface area contributed by atoms with Crippen molar-refractivity contribution < 1.29 is 17.2 Å². The monoisotopic (exact) mass is 369 g/mol. The second kappa shape index (κ2) is 6.02. The van der Waals surface area contributed by atoms with Crippen LogP contribution in [0, 0.1) is 34.8 Å². The summed E-state index contributed by atoms with van der Waals surface area (Å²) in [7, 11) is -3.86. The zero-order valence-electron chi connectivity index (χ0n) is 14.5. The van der Waals surface area contributed by atoms with Gasteiger partial charge in [0.2, 0.25) is 10.0 Å². The van der Waals surface area contributed by atoms with Crippen LogP contribution in [-0.2, 0) is 10.0 Å². The van der Waals surface area contributed by atoms with Gasteiger partial charge in [-0.3, -0.25) is 0 Å². The van der Waals surface area contributed by atoms with Crippen molar-refractivity contribution in [3.63, 3.8) is 0 Å². The van der Waals surface area contributed by atoms with E-state index < -0.39 is 21.7 Å². The molecule has 4 bridgehead atoms. The molecule has 0 aromatic heterocycles. The van der Waals surface area contributed by atoms with Crippen LogP contribution >= 0.6 is 0 Å². The number of sulfonamides is 1. The van der Waals surface area contributed by atoms with Gasteiger partial charge in [-0.2, -0.15) is 0 Å². The second-order valence-corrected chi connectivity index (χ2v) is 10.2. The first kappa shape index (κ1) is 17.4. The maximum atomic E-state index is 13.5. The molecular formula is C19H25F2NO2S. The third-order valence-corrected chi connectivity index (χ3v) is 8.20. The third-order valence-electron chi connectivity index (χ3n) is 6.73. The van der Waals surface area contributed by atoms with Crippen LogP contribution in [0.2, 0.25) is 0 Å². The summed E-state index contributed by atoms with van der Waals surface area (Å²) in [6, 6.07) is 2.63. The molecule has 5 rings (SSSR count). The number of benzene rings is 1. The van der Waals surface area contributed by atoms with Crippen molar-refractivity contribution in [2.75, 3.05) is 0 Å². The summed E-state index contributed by atoms with van der Waals surface area (Å²) in [4.78, 5) is -0.199. The highest BCUT2D eigenvalue weighted by Crippen LogP contribution is 2.61. The van der Waals surface area contributed by atoms with E-state index in [1.54, 1.807) is 0 Å². The Morgan fingerprint density at radius 1 is 1.08 bits per heavy atom. The highest BCUT2D eigenvalue weighted by atomic mass is 32.2. The number of hydrogen-bond acceptors (Lipinski definition) is 2. The van der Waals surface area contributed by atoms with Crippen LogP contribution in [0.5, 0.6) is 0 Å². The molecule has 0 aliphatic heterocycles. The van der Waals surface area contributed by atoms with E-state index in [4.69, 9.17) is 0 Å². The molecule has 1 aromatic rings. The number of nitrogens with one attached hydrogen (secondary N) is 1. The zero-order chi connectivity index (χ0) is 17.8. The topological polar surface area (TPSA) is 46.2 Å². The smallest absolute Gasteiger partial charge is 0.208 e. The molecule has 4 aliphatic carbocycles.